The van der Waals surface area contributed by atoms with Gasteiger partial charge in [-0.15, -0.1) is 0 Å². The molecule has 49 heavy (non-hydrogen) atoms. The number of carbonyl (C=O) groups is 2. The second-order valence-corrected chi connectivity index (χ2v) is 12.0. The van der Waals surface area contributed by atoms with Crippen LogP contribution in [0.25, 0.3) is 27.9 Å². The summed E-state index contributed by atoms with van der Waals surface area (Å²) < 4.78 is 12.0. The maximum Gasteiger partial charge on any atom is 0.338 e. The Balaban J connectivity index is 0.000000170. The molecular formula is C37H34N6O5S. The molecule has 0 unspecified atom stereocenters. The van der Waals surface area contributed by atoms with Gasteiger partial charge in [-0.3, -0.25) is 14.2 Å². The highest BCUT2D eigenvalue weighted by molar-refractivity contribution is 7.99. The van der Waals surface area contributed by atoms with Crippen molar-refractivity contribution in [2.24, 2.45) is 0 Å². The maximum absolute atomic E-state index is 12.5. The summed E-state index contributed by atoms with van der Waals surface area (Å²) in [6, 6.07) is 25.9. The standard InChI is InChI=1S/C19H15N3O2.C18H19N3O3S/c20-15-7-5-12(6-8-15)19(23)24-11-18-21-16-9-13-3-1-2-4-14(13)10-17(16)22-18;1-3-21-17(23)14-5-4-6-15(14)20-18(21)25-11-16(22)19-12-7-9-13(24-2)10-8-12/h1-10H,11,20H2,(H,21,22);4,6-10H,3,5,11H2,1-2H3,(H,19,22). The van der Waals surface area contributed by atoms with E-state index in [2.05, 4.69) is 26.3 Å². The number of amides is 1. The summed E-state index contributed by atoms with van der Waals surface area (Å²) in [5, 5.41) is 5.66. The highest BCUT2D eigenvalue weighted by Gasteiger charge is 2.18. The number of allylic oxidation sites excluding steroid dienone is 1. The number of nitrogen functional groups attached to an aromatic ring is 1. The lowest BCUT2D eigenvalue weighted by molar-refractivity contribution is -0.113. The molecule has 0 saturated carbocycles. The Kier molecular flexibility index (Phi) is 10.1. The third-order valence-corrected chi connectivity index (χ3v) is 8.74. The van der Waals surface area contributed by atoms with Gasteiger partial charge < -0.3 is 25.5 Å². The first kappa shape index (κ1) is 33.0. The summed E-state index contributed by atoms with van der Waals surface area (Å²) in [6.07, 6.45) is 4.42. The highest BCUT2D eigenvalue weighted by atomic mass is 32.2. The van der Waals surface area contributed by atoms with E-state index in [4.69, 9.17) is 15.2 Å². The summed E-state index contributed by atoms with van der Waals surface area (Å²) in [6.45, 7) is 2.52. The number of thioether (sulfide) groups is 1. The topological polar surface area (TPSA) is 154 Å². The number of nitrogens with zero attached hydrogens (tertiary/aromatic N) is 3. The van der Waals surface area contributed by atoms with E-state index in [9.17, 15) is 14.4 Å². The summed E-state index contributed by atoms with van der Waals surface area (Å²) in [7, 11) is 1.59. The normalized spacial score (nSPS) is 11.6. The first-order valence-corrected chi connectivity index (χ1v) is 16.6. The number of aromatic amines is 1. The molecule has 7 rings (SSSR count). The average molecular weight is 675 g/mol. The number of methoxy groups -OCH3 is 1. The molecular weight excluding hydrogens is 641 g/mol. The Morgan fingerprint density at radius 1 is 1.00 bits per heavy atom. The Bertz CT molecular complexity index is 2170. The lowest BCUT2D eigenvalue weighted by Crippen LogP contribution is -2.26. The van der Waals surface area contributed by atoms with Crippen LogP contribution in [0.15, 0.2) is 101 Å². The van der Waals surface area contributed by atoms with Gasteiger partial charge in [0.15, 0.2) is 5.16 Å². The molecule has 11 nitrogen and oxygen atoms in total. The van der Waals surface area contributed by atoms with Crippen LogP contribution in [0, 0.1) is 0 Å². The van der Waals surface area contributed by atoms with Crippen LogP contribution in [0.3, 0.4) is 0 Å². The van der Waals surface area contributed by atoms with E-state index in [0.29, 0.717) is 46.6 Å². The predicted octanol–water partition coefficient (Wildman–Crippen LogP) is 6.23. The molecule has 0 saturated heterocycles. The molecule has 1 amide bonds. The minimum atomic E-state index is -0.402. The van der Waals surface area contributed by atoms with E-state index in [1.165, 1.54) is 11.8 Å². The quantitative estimate of drug-likeness (QED) is 0.0701. The number of imidazole rings is 1. The molecule has 248 valence electrons. The predicted molar refractivity (Wildman–Crippen MR) is 193 cm³/mol. The van der Waals surface area contributed by atoms with E-state index in [0.717, 1.165) is 33.1 Å². The molecule has 6 aromatic rings. The fraction of sp³-hybridized carbons (Fsp3) is 0.162. The van der Waals surface area contributed by atoms with Crippen LogP contribution >= 0.6 is 11.8 Å². The van der Waals surface area contributed by atoms with E-state index in [1.807, 2.05) is 49.4 Å². The van der Waals surface area contributed by atoms with Gasteiger partial charge in [-0.25, -0.2) is 14.8 Å². The smallest absolute Gasteiger partial charge is 0.338 e. The second-order valence-electron chi connectivity index (χ2n) is 11.1. The van der Waals surface area contributed by atoms with Crippen molar-refractivity contribution >= 4 is 62.9 Å². The van der Waals surface area contributed by atoms with Crippen molar-refractivity contribution in [3.63, 3.8) is 0 Å². The zero-order valence-corrected chi connectivity index (χ0v) is 27.8. The molecule has 4 aromatic carbocycles. The van der Waals surface area contributed by atoms with Gasteiger partial charge in [0.05, 0.1) is 35.2 Å². The zero-order chi connectivity index (χ0) is 34.3. The molecule has 1 aliphatic carbocycles. The summed E-state index contributed by atoms with van der Waals surface area (Å²) in [4.78, 5) is 48.9. The van der Waals surface area contributed by atoms with Gasteiger partial charge in [0.1, 0.15) is 18.2 Å². The van der Waals surface area contributed by atoms with Crippen molar-refractivity contribution in [2.75, 3.05) is 23.9 Å². The van der Waals surface area contributed by atoms with Gasteiger partial charge >= 0.3 is 5.97 Å². The maximum atomic E-state index is 12.5. The highest BCUT2D eigenvalue weighted by Crippen LogP contribution is 2.23. The molecule has 0 aliphatic heterocycles. The molecule has 0 atom stereocenters. The molecule has 2 aromatic heterocycles. The molecule has 1 aliphatic rings. The van der Waals surface area contributed by atoms with Crippen molar-refractivity contribution in [3.8, 4) is 5.75 Å². The Labute approximate surface area is 286 Å². The van der Waals surface area contributed by atoms with E-state index in [-0.39, 0.29) is 23.8 Å². The van der Waals surface area contributed by atoms with Gasteiger partial charge in [-0.2, -0.15) is 0 Å². The average Bonchev–Trinajstić information content (AvgIpc) is 3.76. The van der Waals surface area contributed by atoms with E-state index >= 15 is 0 Å². The molecule has 2 heterocycles. The van der Waals surface area contributed by atoms with Crippen molar-refractivity contribution in [1.29, 1.82) is 0 Å². The second kappa shape index (κ2) is 14.9. The molecule has 0 radical (unpaired) electrons. The molecule has 0 fully saturated rings. The largest absolute Gasteiger partial charge is 0.497 e. The van der Waals surface area contributed by atoms with Crippen LogP contribution in [0.2, 0.25) is 0 Å². The number of carbonyl (C=O) groups excluding carboxylic acids is 2. The van der Waals surface area contributed by atoms with Gasteiger partial charge in [-0.1, -0.05) is 42.1 Å². The summed E-state index contributed by atoms with van der Waals surface area (Å²) in [5.74, 6) is 0.976. The Morgan fingerprint density at radius 2 is 1.73 bits per heavy atom. The number of benzene rings is 4. The summed E-state index contributed by atoms with van der Waals surface area (Å²) in [5.41, 5.74) is 10.6. The molecule has 12 heteroatoms. The molecule has 0 spiro atoms. The number of rotatable bonds is 9. The van der Waals surface area contributed by atoms with Gasteiger partial charge in [0.2, 0.25) is 5.91 Å². The van der Waals surface area contributed by atoms with Crippen LogP contribution < -0.4 is 21.3 Å². The summed E-state index contributed by atoms with van der Waals surface area (Å²) >= 11 is 1.27. The van der Waals surface area contributed by atoms with E-state index < -0.39 is 5.97 Å². The first-order valence-electron chi connectivity index (χ1n) is 15.6. The van der Waals surface area contributed by atoms with Gasteiger partial charge in [-0.05, 0) is 90.9 Å². The lowest BCUT2D eigenvalue weighted by Gasteiger charge is -2.12. The van der Waals surface area contributed by atoms with Crippen molar-refractivity contribution in [1.82, 2.24) is 19.5 Å². The lowest BCUT2D eigenvalue weighted by atomic mass is 10.1. The minimum absolute atomic E-state index is 0.0180. The fourth-order valence-electron chi connectivity index (χ4n) is 5.25. The van der Waals surface area contributed by atoms with E-state index in [1.54, 1.807) is 60.2 Å². The first-order chi connectivity index (χ1) is 23.8. The zero-order valence-electron chi connectivity index (χ0n) is 26.9. The van der Waals surface area contributed by atoms with Crippen LogP contribution in [0.1, 0.15) is 34.4 Å². The molecule has 4 N–H and O–H groups in total. The van der Waals surface area contributed by atoms with Crippen molar-refractivity contribution in [2.45, 2.75) is 31.7 Å². The van der Waals surface area contributed by atoms with Crippen LogP contribution in [-0.4, -0.2) is 44.3 Å². The van der Waals surface area contributed by atoms with Crippen LogP contribution in [0.5, 0.6) is 5.75 Å². The van der Waals surface area contributed by atoms with Crippen LogP contribution in [0.4, 0.5) is 11.4 Å². The number of hydrogen-bond donors (Lipinski definition) is 3. The third kappa shape index (κ3) is 7.82. The number of esters is 1. The third-order valence-electron chi connectivity index (χ3n) is 7.76. The SMILES string of the molecule is CCn1c(SCC(=O)Nc2ccc(OC)cc2)nc2c(c1=O)CC=C2.Nc1ccc(C(=O)OCc2nc3cc4ccccc4cc3[nH]2)cc1. The van der Waals surface area contributed by atoms with Crippen LogP contribution in [-0.2, 0) is 29.1 Å². The number of nitrogens with one attached hydrogen (secondary N) is 2. The fourth-order valence-corrected chi connectivity index (χ4v) is 6.12. The van der Waals surface area contributed by atoms with Crippen molar-refractivity contribution in [3.05, 3.63) is 124 Å². The number of fused-ring (bicyclic) bond motifs is 3. The van der Waals surface area contributed by atoms with Crippen molar-refractivity contribution < 1.29 is 19.1 Å². The number of anilines is 2. The van der Waals surface area contributed by atoms with Gasteiger partial charge in [0, 0.05) is 23.5 Å². The number of H-pyrrole nitrogens is 1. The number of aromatic nitrogens is 4. The Hall–Kier alpha value is -5.88. The Morgan fingerprint density at radius 3 is 2.45 bits per heavy atom. The number of ether oxygens (including phenoxy) is 2. The minimum Gasteiger partial charge on any atom is -0.497 e. The monoisotopic (exact) mass is 674 g/mol. The molecule has 0 bridgehead atoms. The number of hydrogen-bond acceptors (Lipinski definition) is 9. The number of nitrogens with two attached hydrogens (primary N) is 1. The van der Waals surface area contributed by atoms with Gasteiger partial charge in [0.25, 0.3) is 5.56 Å².